The van der Waals surface area contributed by atoms with Crippen molar-refractivity contribution in [3.8, 4) is 0 Å². The number of carbonyl (C=O) groups is 1. The summed E-state index contributed by atoms with van der Waals surface area (Å²) in [4.78, 5) is 11.4. The predicted octanol–water partition coefficient (Wildman–Crippen LogP) is 3.69. The lowest BCUT2D eigenvalue weighted by atomic mass is 9.93. The molecule has 2 N–H and O–H groups in total. The van der Waals surface area contributed by atoms with Gasteiger partial charge in [0.2, 0.25) is 5.91 Å². The number of unbranched alkanes of at least 4 members (excludes halogenated alkanes) is 3. The van der Waals surface area contributed by atoms with Gasteiger partial charge in [-0.05, 0) is 24.8 Å². The highest BCUT2D eigenvalue weighted by Crippen LogP contribution is 2.17. The van der Waals surface area contributed by atoms with Crippen LogP contribution in [0, 0.1) is 5.92 Å². The molecule has 1 rings (SSSR count). The van der Waals surface area contributed by atoms with Crippen molar-refractivity contribution >= 4 is 5.91 Å². The van der Waals surface area contributed by atoms with Crippen LogP contribution in [0.1, 0.15) is 51.0 Å². The third kappa shape index (κ3) is 5.85. The maximum Gasteiger partial charge on any atom is 0.220 e. The topological polar surface area (TPSA) is 43.1 Å². The summed E-state index contributed by atoms with van der Waals surface area (Å²) in [6.45, 7) is 2.20. The molecule has 0 saturated carbocycles. The quantitative estimate of drug-likeness (QED) is 0.664. The van der Waals surface area contributed by atoms with Crippen molar-refractivity contribution in [1.29, 1.82) is 0 Å². The average molecular weight is 247 g/mol. The molecule has 1 aromatic rings. The summed E-state index contributed by atoms with van der Waals surface area (Å²) in [6.07, 6.45) is 7.59. The predicted molar refractivity (Wildman–Crippen MR) is 76.2 cm³/mol. The molecule has 2 nitrogen and oxygen atoms in total. The van der Waals surface area contributed by atoms with Gasteiger partial charge in [-0.15, -0.1) is 0 Å². The summed E-state index contributed by atoms with van der Waals surface area (Å²) in [6, 6.07) is 10.3. The lowest BCUT2D eigenvalue weighted by Crippen LogP contribution is -2.23. The molecule has 0 fully saturated rings. The third-order valence-electron chi connectivity index (χ3n) is 3.43. The molecule has 0 aliphatic rings. The number of hydrogen-bond donors (Lipinski definition) is 1. The second-order valence-corrected chi connectivity index (χ2v) is 4.97. The van der Waals surface area contributed by atoms with Crippen molar-refractivity contribution in [2.45, 2.75) is 51.9 Å². The summed E-state index contributed by atoms with van der Waals surface area (Å²) >= 11 is 0. The van der Waals surface area contributed by atoms with E-state index in [0.717, 1.165) is 25.7 Å². The number of amides is 1. The molecule has 2 heteroatoms. The lowest BCUT2D eigenvalue weighted by Gasteiger charge is -2.13. The molecule has 1 atom stereocenters. The Hall–Kier alpha value is -1.31. The zero-order valence-corrected chi connectivity index (χ0v) is 11.4. The van der Waals surface area contributed by atoms with Crippen LogP contribution >= 0.6 is 0 Å². The summed E-state index contributed by atoms with van der Waals surface area (Å²) in [7, 11) is 0. The van der Waals surface area contributed by atoms with Crippen molar-refractivity contribution in [1.82, 2.24) is 0 Å². The normalized spacial score (nSPS) is 12.3. The first-order chi connectivity index (χ1) is 8.74. The zero-order chi connectivity index (χ0) is 13.2. The van der Waals surface area contributed by atoms with Gasteiger partial charge in [0, 0.05) is 5.92 Å². The maximum absolute atomic E-state index is 11.4. The standard InChI is InChI=1S/C16H25NO/c1-2-3-4-8-11-15(16(17)18)13-12-14-9-6-5-7-10-14/h5-7,9-10,15H,2-4,8,11-13H2,1H3,(H2,17,18). The molecule has 0 saturated heterocycles. The number of primary amides is 1. The van der Waals surface area contributed by atoms with Crippen molar-refractivity contribution in [2.75, 3.05) is 0 Å². The number of nitrogens with two attached hydrogens (primary N) is 1. The van der Waals surface area contributed by atoms with Gasteiger partial charge in [-0.2, -0.15) is 0 Å². The molecule has 0 aromatic heterocycles. The van der Waals surface area contributed by atoms with Crippen LogP contribution in [0.3, 0.4) is 0 Å². The van der Waals surface area contributed by atoms with Crippen LogP contribution in [0.4, 0.5) is 0 Å². The Morgan fingerprint density at radius 1 is 1.11 bits per heavy atom. The molecule has 100 valence electrons. The highest BCUT2D eigenvalue weighted by atomic mass is 16.1. The summed E-state index contributed by atoms with van der Waals surface area (Å²) < 4.78 is 0. The second kappa shape index (κ2) is 8.73. The number of carbonyl (C=O) groups excluding carboxylic acids is 1. The van der Waals surface area contributed by atoms with E-state index in [9.17, 15) is 4.79 Å². The molecule has 0 bridgehead atoms. The first-order valence-electron chi connectivity index (χ1n) is 7.07. The molecule has 1 aromatic carbocycles. The Bertz CT molecular complexity index is 334. The molecule has 1 unspecified atom stereocenters. The monoisotopic (exact) mass is 247 g/mol. The number of hydrogen-bond acceptors (Lipinski definition) is 1. The minimum atomic E-state index is -0.137. The molecule has 0 heterocycles. The molecule has 0 aliphatic heterocycles. The van der Waals surface area contributed by atoms with E-state index < -0.39 is 0 Å². The van der Waals surface area contributed by atoms with Gasteiger partial charge < -0.3 is 5.73 Å². The summed E-state index contributed by atoms with van der Waals surface area (Å²) in [5.41, 5.74) is 6.77. The molecule has 0 aliphatic carbocycles. The van der Waals surface area contributed by atoms with E-state index in [1.165, 1.54) is 24.8 Å². The van der Waals surface area contributed by atoms with Gasteiger partial charge in [-0.1, -0.05) is 62.9 Å². The van der Waals surface area contributed by atoms with E-state index in [1.54, 1.807) is 0 Å². The molecule has 0 spiro atoms. The van der Waals surface area contributed by atoms with Crippen LogP contribution in [0.2, 0.25) is 0 Å². The van der Waals surface area contributed by atoms with E-state index >= 15 is 0 Å². The van der Waals surface area contributed by atoms with Gasteiger partial charge in [0.1, 0.15) is 0 Å². The van der Waals surface area contributed by atoms with Crippen LogP contribution < -0.4 is 5.73 Å². The Balaban J connectivity index is 2.32. The molecule has 18 heavy (non-hydrogen) atoms. The zero-order valence-electron chi connectivity index (χ0n) is 11.4. The Morgan fingerprint density at radius 2 is 1.83 bits per heavy atom. The summed E-state index contributed by atoms with van der Waals surface area (Å²) in [5.74, 6) is -0.0931. The highest BCUT2D eigenvalue weighted by Gasteiger charge is 2.14. The molecular weight excluding hydrogens is 222 g/mol. The van der Waals surface area contributed by atoms with Gasteiger partial charge in [0.25, 0.3) is 0 Å². The fourth-order valence-corrected chi connectivity index (χ4v) is 2.23. The number of rotatable bonds is 9. The second-order valence-electron chi connectivity index (χ2n) is 4.97. The van der Waals surface area contributed by atoms with E-state index in [4.69, 9.17) is 5.73 Å². The average Bonchev–Trinajstić information content (AvgIpc) is 2.38. The van der Waals surface area contributed by atoms with Crippen molar-refractivity contribution < 1.29 is 4.79 Å². The minimum Gasteiger partial charge on any atom is -0.369 e. The molecule has 1 amide bonds. The van der Waals surface area contributed by atoms with Crippen LogP contribution in [-0.4, -0.2) is 5.91 Å². The number of aryl methyl sites for hydroxylation is 1. The molecule has 0 radical (unpaired) electrons. The summed E-state index contributed by atoms with van der Waals surface area (Å²) in [5, 5.41) is 0. The van der Waals surface area contributed by atoms with Gasteiger partial charge in [-0.25, -0.2) is 0 Å². The fraction of sp³-hybridized carbons (Fsp3) is 0.562. The van der Waals surface area contributed by atoms with Crippen LogP contribution in [0.5, 0.6) is 0 Å². The van der Waals surface area contributed by atoms with E-state index in [-0.39, 0.29) is 11.8 Å². The first-order valence-corrected chi connectivity index (χ1v) is 7.07. The van der Waals surface area contributed by atoms with Gasteiger partial charge in [0.05, 0.1) is 0 Å². The SMILES string of the molecule is CCCCCCC(CCc1ccccc1)C(N)=O. The van der Waals surface area contributed by atoms with Gasteiger partial charge in [-0.3, -0.25) is 4.79 Å². The maximum atomic E-state index is 11.4. The van der Waals surface area contributed by atoms with Crippen LogP contribution in [0.15, 0.2) is 30.3 Å². The third-order valence-corrected chi connectivity index (χ3v) is 3.43. The van der Waals surface area contributed by atoms with Crippen molar-refractivity contribution in [3.63, 3.8) is 0 Å². The number of benzene rings is 1. The van der Waals surface area contributed by atoms with Gasteiger partial charge >= 0.3 is 0 Å². The van der Waals surface area contributed by atoms with Crippen molar-refractivity contribution in [3.05, 3.63) is 35.9 Å². The fourth-order valence-electron chi connectivity index (χ4n) is 2.23. The Kier molecular flexibility index (Phi) is 7.16. The van der Waals surface area contributed by atoms with Crippen molar-refractivity contribution in [2.24, 2.45) is 11.7 Å². The smallest absolute Gasteiger partial charge is 0.220 e. The van der Waals surface area contributed by atoms with Crippen LogP contribution in [-0.2, 0) is 11.2 Å². The van der Waals surface area contributed by atoms with Crippen LogP contribution in [0.25, 0.3) is 0 Å². The first kappa shape index (κ1) is 14.7. The van der Waals surface area contributed by atoms with E-state index in [0.29, 0.717) is 0 Å². The van der Waals surface area contributed by atoms with E-state index in [2.05, 4.69) is 19.1 Å². The largest absolute Gasteiger partial charge is 0.369 e. The lowest BCUT2D eigenvalue weighted by molar-refractivity contribution is -0.122. The molecular formula is C16H25NO. The van der Waals surface area contributed by atoms with Gasteiger partial charge in [0.15, 0.2) is 0 Å². The minimum absolute atomic E-state index is 0.0436. The Morgan fingerprint density at radius 3 is 2.44 bits per heavy atom. The highest BCUT2D eigenvalue weighted by molar-refractivity contribution is 5.76. The Labute approximate surface area is 111 Å². The van der Waals surface area contributed by atoms with E-state index in [1.807, 2.05) is 18.2 Å².